The largest absolute Gasteiger partial charge is 0.480 e. The summed E-state index contributed by atoms with van der Waals surface area (Å²) in [5.41, 5.74) is 10.9. The molecule has 0 aliphatic rings. The molecule has 11 heteroatoms. The maximum absolute atomic E-state index is 10.4. The summed E-state index contributed by atoms with van der Waals surface area (Å²) in [6, 6.07) is 8.54. The average molecular weight is 408 g/mol. The predicted molar refractivity (Wildman–Crippen MR) is 101 cm³/mol. The van der Waals surface area contributed by atoms with Gasteiger partial charge in [-0.1, -0.05) is 30.3 Å². The van der Waals surface area contributed by atoms with Crippen LogP contribution in [0, 0.1) is 0 Å². The van der Waals surface area contributed by atoms with E-state index in [-0.39, 0.29) is 26.4 Å². The molecule has 0 bridgehead atoms. The highest BCUT2D eigenvalue weighted by molar-refractivity contribution is 5.73. The molecule has 1 aromatic rings. The van der Waals surface area contributed by atoms with Crippen LogP contribution in [-0.2, 0) is 16.0 Å². The highest BCUT2D eigenvalue weighted by Crippen LogP contribution is 2.01. The molecule has 0 aliphatic carbocycles. The van der Waals surface area contributed by atoms with Crippen molar-refractivity contribution in [2.45, 2.75) is 31.6 Å². The first-order chi connectivity index (χ1) is 13.0. The zero-order chi connectivity index (χ0) is 22.5. The first-order valence-electron chi connectivity index (χ1n) is 8.18. The molecule has 11 nitrogen and oxygen atoms in total. The topological polar surface area (TPSA) is 228 Å². The number of aliphatic hydroxyl groups excluding tert-OH is 5. The minimum Gasteiger partial charge on any atom is -0.480 e. The number of carboxylic acids is 2. The van der Waals surface area contributed by atoms with Crippen molar-refractivity contribution < 1.29 is 45.3 Å². The molecule has 0 radical (unpaired) electrons. The van der Waals surface area contributed by atoms with E-state index in [1.54, 1.807) is 0 Å². The van der Waals surface area contributed by atoms with Gasteiger partial charge in [-0.15, -0.1) is 0 Å². The van der Waals surface area contributed by atoms with Crippen molar-refractivity contribution in [2.75, 3.05) is 26.4 Å². The normalized spacial score (nSPS) is 11.5. The second kappa shape index (κ2) is 21.2. The van der Waals surface area contributed by atoms with Gasteiger partial charge in [0.25, 0.3) is 0 Å². The van der Waals surface area contributed by atoms with Gasteiger partial charge in [0.2, 0.25) is 0 Å². The summed E-state index contributed by atoms with van der Waals surface area (Å²) in [5, 5.41) is 56.1. The lowest BCUT2D eigenvalue weighted by Gasteiger charge is -2.04. The summed E-state index contributed by atoms with van der Waals surface area (Å²) < 4.78 is 0. The van der Waals surface area contributed by atoms with Gasteiger partial charge in [0.15, 0.2) is 0 Å². The van der Waals surface area contributed by atoms with Gasteiger partial charge in [-0.2, -0.15) is 0 Å². The molecule has 164 valence electrons. The van der Waals surface area contributed by atoms with Crippen molar-refractivity contribution in [3.05, 3.63) is 35.9 Å². The maximum atomic E-state index is 10.4. The molecular weight excluding hydrogens is 376 g/mol. The lowest BCUT2D eigenvalue weighted by atomic mass is 10.1. The Balaban J connectivity index is -0.000000331. The minimum absolute atomic E-state index is 0.139. The van der Waals surface area contributed by atoms with Gasteiger partial charge in [-0.3, -0.25) is 9.59 Å². The molecule has 0 fully saturated rings. The summed E-state index contributed by atoms with van der Waals surface area (Å²) in [4.78, 5) is 19.6. The van der Waals surface area contributed by atoms with Crippen LogP contribution in [0.15, 0.2) is 30.3 Å². The quantitative estimate of drug-likeness (QED) is 0.226. The zero-order valence-corrected chi connectivity index (χ0v) is 15.8. The van der Waals surface area contributed by atoms with E-state index >= 15 is 0 Å². The Morgan fingerprint density at radius 1 is 0.964 bits per heavy atom. The molecular formula is C17H32N2O9. The molecule has 0 aromatic heterocycles. The Labute approximate surface area is 163 Å². The Hall–Kier alpha value is -2.12. The van der Waals surface area contributed by atoms with Gasteiger partial charge in [-0.25, -0.2) is 0 Å². The van der Waals surface area contributed by atoms with E-state index in [2.05, 4.69) is 5.73 Å². The number of benzene rings is 1. The number of aliphatic hydroxyl groups is 5. The van der Waals surface area contributed by atoms with Gasteiger partial charge in [0, 0.05) is 0 Å². The summed E-state index contributed by atoms with van der Waals surface area (Å²) in [5.74, 6) is -1.93. The van der Waals surface area contributed by atoms with Gasteiger partial charge in [-0.05, 0) is 18.9 Å². The van der Waals surface area contributed by atoms with E-state index in [0.29, 0.717) is 6.42 Å². The van der Waals surface area contributed by atoms with Gasteiger partial charge in [0.05, 0.1) is 32.5 Å². The number of hydrogen-bond donors (Lipinski definition) is 9. The van der Waals surface area contributed by atoms with Gasteiger partial charge in [0.1, 0.15) is 12.1 Å². The van der Waals surface area contributed by atoms with E-state index in [1.165, 1.54) is 6.92 Å². The molecule has 0 saturated carbocycles. The fourth-order valence-electron chi connectivity index (χ4n) is 1.01. The van der Waals surface area contributed by atoms with Crippen LogP contribution in [0.5, 0.6) is 0 Å². The van der Waals surface area contributed by atoms with Crippen LogP contribution in [0.1, 0.15) is 12.5 Å². The standard InChI is InChI=1S/C9H11NO2.C3H8O3.C3H8O2.C2H5NO2/c10-8(9(11)12)6-7-4-2-1-3-5-7;4-1-3(6)2-5;1-3(5)2-4;3-1-2(4)5/h1-5,8H,6,10H2,(H,11,12);3-6H,1-2H2;3-5H,2H2,1H3;1,3H2,(H,4,5). The second-order valence-electron chi connectivity index (χ2n) is 5.28. The van der Waals surface area contributed by atoms with Crippen LogP contribution in [0.2, 0.25) is 0 Å². The van der Waals surface area contributed by atoms with E-state index < -0.39 is 30.2 Å². The first-order valence-corrected chi connectivity index (χ1v) is 8.18. The van der Waals surface area contributed by atoms with Crippen molar-refractivity contribution in [2.24, 2.45) is 11.5 Å². The minimum atomic E-state index is -0.968. The fraction of sp³-hybridized carbons (Fsp3) is 0.529. The Bertz CT molecular complexity index is 483. The number of hydrogen-bond acceptors (Lipinski definition) is 9. The summed E-state index contributed by atoms with van der Waals surface area (Å²) in [6.07, 6.45) is -1.13. The summed E-state index contributed by atoms with van der Waals surface area (Å²) in [6.45, 7) is 0.382. The van der Waals surface area contributed by atoms with Crippen molar-refractivity contribution >= 4 is 11.9 Å². The first kappa shape index (κ1) is 30.6. The number of carbonyl (C=O) groups is 2. The van der Waals surface area contributed by atoms with Gasteiger partial charge < -0.3 is 47.2 Å². The Kier molecular flexibility index (Phi) is 23.2. The molecule has 2 unspecified atom stereocenters. The molecule has 0 aliphatic heterocycles. The molecule has 28 heavy (non-hydrogen) atoms. The number of aliphatic carboxylic acids is 2. The fourth-order valence-corrected chi connectivity index (χ4v) is 1.01. The third-order valence-electron chi connectivity index (χ3n) is 2.48. The number of nitrogens with two attached hydrogens (primary N) is 2. The molecule has 2 atom stereocenters. The van der Waals surface area contributed by atoms with Crippen molar-refractivity contribution in [1.82, 2.24) is 0 Å². The van der Waals surface area contributed by atoms with Gasteiger partial charge >= 0.3 is 11.9 Å². The number of rotatable bonds is 7. The van der Waals surface area contributed by atoms with E-state index in [0.717, 1.165) is 5.56 Å². The SMILES string of the molecule is CC(O)CO.NC(Cc1ccccc1)C(=O)O.NCC(=O)O.OCC(O)CO. The highest BCUT2D eigenvalue weighted by Gasteiger charge is 2.10. The molecule has 0 spiro atoms. The van der Waals surface area contributed by atoms with Crippen LogP contribution in [0.3, 0.4) is 0 Å². The highest BCUT2D eigenvalue weighted by atomic mass is 16.4. The molecule has 11 N–H and O–H groups in total. The predicted octanol–water partition coefficient (Wildman–Crippen LogP) is -2.64. The van der Waals surface area contributed by atoms with Crippen molar-refractivity contribution in [1.29, 1.82) is 0 Å². The lowest BCUT2D eigenvalue weighted by molar-refractivity contribution is -0.138. The molecule has 0 amide bonds. The number of carboxylic acid groups (broad SMARTS) is 2. The Morgan fingerprint density at radius 2 is 1.36 bits per heavy atom. The van der Waals surface area contributed by atoms with Crippen LogP contribution in [0.4, 0.5) is 0 Å². The Morgan fingerprint density at radius 3 is 1.57 bits per heavy atom. The maximum Gasteiger partial charge on any atom is 0.320 e. The molecule has 0 saturated heterocycles. The third kappa shape index (κ3) is 26.1. The second-order valence-corrected chi connectivity index (χ2v) is 5.28. The van der Waals surface area contributed by atoms with Crippen LogP contribution in [-0.4, -0.2) is 92.3 Å². The van der Waals surface area contributed by atoms with E-state index in [1.807, 2.05) is 30.3 Å². The zero-order valence-electron chi connectivity index (χ0n) is 15.8. The smallest absolute Gasteiger partial charge is 0.320 e. The van der Waals surface area contributed by atoms with Crippen LogP contribution in [0.25, 0.3) is 0 Å². The average Bonchev–Trinajstić information content (AvgIpc) is 2.69. The van der Waals surface area contributed by atoms with E-state index in [4.69, 9.17) is 41.5 Å². The van der Waals surface area contributed by atoms with E-state index in [9.17, 15) is 9.59 Å². The monoisotopic (exact) mass is 408 g/mol. The van der Waals surface area contributed by atoms with Crippen LogP contribution < -0.4 is 11.5 Å². The molecule has 1 rings (SSSR count). The van der Waals surface area contributed by atoms with Crippen molar-refractivity contribution in [3.8, 4) is 0 Å². The van der Waals surface area contributed by atoms with Crippen LogP contribution >= 0.6 is 0 Å². The molecule has 0 heterocycles. The third-order valence-corrected chi connectivity index (χ3v) is 2.48. The summed E-state index contributed by atoms with van der Waals surface area (Å²) >= 11 is 0. The van der Waals surface area contributed by atoms with Crippen molar-refractivity contribution in [3.63, 3.8) is 0 Å². The molecule has 1 aromatic carbocycles. The summed E-state index contributed by atoms with van der Waals surface area (Å²) in [7, 11) is 0. The lowest BCUT2D eigenvalue weighted by Crippen LogP contribution is -2.32.